The molecule has 1 aromatic carbocycles. The molecule has 1 aromatic rings. The highest BCUT2D eigenvalue weighted by Crippen LogP contribution is 2.22. The van der Waals surface area contributed by atoms with Gasteiger partial charge in [-0.25, -0.2) is 0 Å². The Bertz CT molecular complexity index is 689. The summed E-state index contributed by atoms with van der Waals surface area (Å²) >= 11 is 0. The third-order valence-electron chi connectivity index (χ3n) is 3.96. The summed E-state index contributed by atoms with van der Waals surface area (Å²) in [6, 6.07) is 7.38. The molecule has 0 aliphatic carbocycles. The fourth-order valence-corrected chi connectivity index (χ4v) is 2.69. The summed E-state index contributed by atoms with van der Waals surface area (Å²) in [5.41, 5.74) is 1.94. The number of carbonyl (C=O) groups is 2. The van der Waals surface area contributed by atoms with Crippen molar-refractivity contribution in [2.45, 2.75) is 52.9 Å². The molecule has 0 saturated heterocycles. The van der Waals surface area contributed by atoms with Gasteiger partial charge in [0, 0.05) is 12.8 Å². The van der Waals surface area contributed by atoms with E-state index in [1.54, 1.807) is 6.92 Å². The molecule has 0 spiro atoms. The fourth-order valence-electron chi connectivity index (χ4n) is 2.69. The number of benzene rings is 1. The van der Waals surface area contributed by atoms with Crippen LogP contribution in [0.25, 0.3) is 0 Å². The second-order valence-corrected chi connectivity index (χ2v) is 6.49. The van der Waals surface area contributed by atoms with E-state index in [1.165, 1.54) is 0 Å². The van der Waals surface area contributed by atoms with Crippen molar-refractivity contribution < 1.29 is 19.4 Å². The van der Waals surface area contributed by atoms with Crippen LogP contribution in [0.1, 0.15) is 58.4 Å². The van der Waals surface area contributed by atoms with E-state index in [-0.39, 0.29) is 24.0 Å². The summed E-state index contributed by atoms with van der Waals surface area (Å²) in [4.78, 5) is 22.4. The van der Waals surface area contributed by atoms with Gasteiger partial charge < -0.3 is 9.84 Å². The summed E-state index contributed by atoms with van der Waals surface area (Å²) in [5.74, 6) is 5.73. The topological polar surface area (TPSA) is 63.6 Å². The Morgan fingerprint density at radius 2 is 1.88 bits per heavy atom. The minimum absolute atomic E-state index is 0.0166. The number of aliphatic carboxylic acids is 1. The number of carboxylic acid groups (broad SMARTS) is 1. The van der Waals surface area contributed by atoms with Crippen LogP contribution in [-0.2, 0) is 9.59 Å². The van der Waals surface area contributed by atoms with Crippen LogP contribution < -0.4 is 4.74 Å². The minimum Gasteiger partial charge on any atom is -0.489 e. The predicted octanol–water partition coefficient (Wildman–Crippen LogP) is 4.60. The van der Waals surface area contributed by atoms with E-state index in [2.05, 4.69) is 17.9 Å². The van der Waals surface area contributed by atoms with E-state index in [9.17, 15) is 9.59 Å². The average Bonchev–Trinajstić information content (AvgIpc) is 2.59. The Morgan fingerprint density at radius 3 is 2.42 bits per heavy atom. The van der Waals surface area contributed by atoms with Crippen LogP contribution >= 0.6 is 0 Å². The molecule has 1 N–H and O–H groups in total. The summed E-state index contributed by atoms with van der Waals surface area (Å²) in [6.07, 6.45) is 3.19. The fraction of sp³-hybridized carbons (Fsp3) is 0.455. The van der Waals surface area contributed by atoms with E-state index >= 15 is 0 Å². The number of carboxylic acids is 1. The Labute approximate surface area is 156 Å². The van der Waals surface area contributed by atoms with E-state index in [0.29, 0.717) is 19.4 Å². The van der Waals surface area contributed by atoms with Gasteiger partial charge in [0.25, 0.3) is 0 Å². The third kappa shape index (κ3) is 8.02. The summed E-state index contributed by atoms with van der Waals surface area (Å²) in [5, 5.41) is 8.99. The Morgan fingerprint density at radius 1 is 1.23 bits per heavy atom. The molecule has 4 heteroatoms. The quantitative estimate of drug-likeness (QED) is 0.491. The maximum Gasteiger partial charge on any atom is 0.304 e. The first kappa shape index (κ1) is 21.5. The second kappa shape index (κ2) is 11.1. The lowest BCUT2D eigenvalue weighted by molar-refractivity contribution is -0.137. The van der Waals surface area contributed by atoms with Crippen LogP contribution in [0.4, 0.5) is 0 Å². The van der Waals surface area contributed by atoms with Crippen LogP contribution in [0.15, 0.2) is 35.9 Å². The molecular weight excluding hydrogens is 328 g/mol. The first-order valence-electron chi connectivity index (χ1n) is 8.91. The van der Waals surface area contributed by atoms with E-state index in [4.69, 9.17) is 9.84 Å². The Hall–Kier alpha value is -2.54. The van der Waals surface area contributed by atoms with Crippen molar-refractivity contribution in [3.05, 3.63) is 41.5 Å². The molecular formula is C22H28O4. The van der Waals surface area contributed by atoms with Gasteiger partial charge in [0.05, 0.1) is 12.3 Å². The van der Waals surface area contributed by atoms with Crippen molar-refractivity contribution in [2.24, 2.45) is 5.92 Å². The molecule has 0 aliphatic rings. The van der Waals surface area contributed by atoms with E-state index < -0.39 is 5.97 Å². The van der Waals surface area contributed by atoms with Crippen molar-refractivity contribution in [3.8, 4) is 17.6 Å². The van der Waals surface area contributed by atoms with Crippen LogP contribution in [-0.4, -0.2) is 23.5 Å². The van der Waals surface area contributed by atoms with Gasteiger partial charge in [-0.1, -0.05) is 38.0 Å². The lowest BCUT2D eigenvalue weighted by atomic mass is 9.96. The lowest BCUT2D eigenvalue weighted by Gasteiger charge is -2.12. The number of hydrogen-bond acceptors (Lipinski definition) is 3. The summed E-state index contributed by atoms with van der Waals surface area (Å²) < 4.78 is 5.77. The molecule has 0 heterocycles. The number of rotatable bonds is 10. The van der Waals surface area contributed by atoms with Gasteiger partial charge in [0.2, 0.25) is 0 Å². The van der Waals surface area contributed by atoms with Crippen molar-refractivity contribution in [1.82, 2.24) is 0 Å². The summed E-state index contributed by atoms with van der Waals surface area (Å²) in [7, 11) is 0. The number of ether oxygens (including phenoxy) is 1. The van der Waals surface area contributed by atoms with Crippen molar-refractivity contribution in [3.63, 3.8) is 0 Å². The zero-order valence-corrected chi connectivity index (χ0v) is 16.0. The molecule has 4 nitrogen and oxygen atoms in total. The van der Waals surface area contributed by atoms with Crippen molar-refractivity contribution in [2.75, 3.05) is 6.61 Å². The van der Waals surface area contributed by atoms with Gasteiger partial charge in [-0.2, -0.15) is 0 Å². The van der Waals surface area contributed by atoms with Gasteiger partial charge >= 0.3 is 5.97 Å². The molecule has 26 heavy (non-hydrogen) atoms. The Kier molecular flexibility index (Phi) is 9.22. The number of Topliss-reactive ketones (excluding diaryl/α,β-unsaturated/α-hetero) is 1. The highest BCUT2D eigenvalue weighted by molar-refractivity contribution is 5.78. The average molecular weight is 356 g/mol. The predicted molar refractivity (Wildman–Crippen MR) is 103 cm³/mol. The van der Waals surface area contributed by atoms with Gasteiger partial charge in [-0.05, 0) is 43.0 Å². The monoisotopic (exact) mass is 356 g/mol. The number of carbonyl (C=O) groups excluding carboxylic acids is 1. The number of allylic oxidation sites excluding steroid dienone is 1. The lowest BCUT2D eigenvalue weighted by Crippen LogP contribution is -2.06. The number of hydrogen-bond donors (Lipinski definition) is 1. The van der Waals surface area contributed by atoms with E-state index in [1.807, 2.05) is 45.0 Å². The van der Waals surface area contributed by atoms with Crippen LogP contribution in [0.2, 0.25) is 0 Å². The van der Waals surface area contributed by atoms with Crippen molar-refractivity contribution in [1.29, 1.82) is 0 Å². The van der Waals surface area contributed by atoms with Crippen LogP contribution in [0, 0.1) is 17.8 Å². The zero-order chi connectivity index (χ0) is 19.5. The SMILES string of the molecule is CC#CC(CC(=O)O)c1ccc(OC/C(C)=C/C(C)CC(=O)CC)cc1. The third-order valence-corrected chi connectivity index (χ3v) is 3.96. The van der Waals surface area contributed by atoms with Crippen molar-refractivity contribution >= 4 is 11.8 Å². The second-order valence-electron chi connectivity index (χ2n) is 6.49. The van der Waals surface area contributed by atoms with Crippen LogP contribution in [0.5, 0.6) is 5.75 Å². The molecule has 1 rings (SSSR count). The maximum atomic E-state index is 11.5. The molecule has 140 valence electrons. The molecule has 2 atom stereocenters. The molecule has 0 fully saturated rings. The standard InChI is InChI=1S/C22H28O4/c1-5-7-19(14-22(24)25)18-8-10-21(11-9-18)26-15-17(4)12-16(3)13-20(23)6-2/h8-12,16,19H,6,13-15H2,1-4H3,(H,24,25)/b17-12+. The molecule has 0 aromatic heterocycles. The molecule has 2 unspecified atom stereocenters. The number of ketones is 1. The smallest absolute Gasteiger partial charge is 0.304 e. The minimum atomic E-state index is -0.866. The molecule has 0 aliphatic heterocycles. The van der Waals surface area contributed by atoms with Gasteiger partial charge in [0.1, 0.15) is 18.1 Å². The van der Waals surface area contributed by atoms with Gasteiger partial charge in [-0.3, -0.25) is 9.59 Å². The highest BCUT2D eigenvalue weighted by atomic mass is 16.5. The molecule has 0 saturated carbocycles. The van der Waals surface area contributed by atoms with Crippen LogP contribution in [0.3, 0.4) is 0 Å². The van der Waals surface area contributed by atoms with Gasteiger partial charge in [-0.15, -0.1) is 5.92 Å². The molecule has 0 amide bonds. The summed E-state index contributed by atoms with van der Waals surface area (Å²) in [6.45, 7) is 8.06. The molecule has 0 radical (unpaired) electrons. The zero-order valence-electron chi connectivity index (χ0n) is 16.0. The normalized spacial score (nSPS) is 13.3. The first-order valence-corrected chi connectivity index (χ1v) is 8.91. The van der Waals surface area contributed by atoms with Gasteiger partial charge in [0.15, 0.2) is 0 Å². The first-order chi connectivity index (χ1) is 12.3. The largest absolute Gasteiger partial charge is 0.489 e. The highest BCUT2D eigenvalue weighted by Gasteiger charge is 2.13. The van der Waals surface area contributed by atoms with E-state index in [0.717, 1.165) is 16.9 Å². The Balaban J connectivity index is 2.64. The maximum absolute atomic E-state index is 11.5. The molecule has 0 bridgehead atoms.